The van der Waals surface area contributed by atoms with Crippen molar-refractivity contribution in [3.05, 3.63) is 89.0 Å². The number of nitrogens with two attached hydrogens (primary N) is 1. The molecule has 0 saturated carbocycles. The van der Waals surface area contributed by atoms with E-state index >= 15 is 0 Å². The van der Waals surface area contributed by atoms with E-state index in [9.17, 15) is 4.79 Å². The molecule has 156 valence electrons. The van der Waals surface area contributed by atoms with Crippen LogP contribution in [0.5, 0.6) is 11.5 Å². The Hall–Kier alpha value is -3.31. The Morgan fingerprint density at radius 1 is 0.933 bits per heavy atom. The van der Waals surface area contributed by atoms with Crippen molar-refractivity contribution < 1.29 is 19.6 Å². The van der Waals surface area contributed by atoms with Gasteiger partial charge >= 0.3 is 0 Å². The number of benzene rings is 3. The number of nitrogens with one attached hydrogen (secondary N) is 1. The molecule has 1 amide bonds. The maximum Gasteiger partial charge on any atom is 0.287 e. The molecule has 0 radical (unpaired) electrons. The summed E-state index contributed by atoms with van der Waals surface area (Å²) < 4.78 is 10.7. The Morgan fingerprint density at radius 3 is 2.37 bits per heavy atom. The summed E-state index contributed by atoms with van der Waals surface area (Å²) in [6, 6.07) is 21.4. The largest absolute Gasteiger partial charge is 0.493 e. The number of carbonyl (C=O) groups excluding carboxylic acids is 1. The minimum absolute atomic E-state index is 0.0459. The van der Waals surface area contributed by atoms with Gasteiger partial charge < -0.3 is 20.1 Å². The molecule has 5 heteroatoms. The van der Waals surface area contributed by atoms with Crippen LogP contribution in [-0.2, 0) is 11.3 Å². The van der Waals surface area contributed by atoms with E-state index < -0.39 is 0 Å². The van der Waals surface area contributed by atoms with Crippen molar-refractivity contribution in [1.29, 1.82) is 0 Å². The maximum absolute atomic E-state index is 13.2. The van der Waals surface area contributed by atoms with Gasteiger partial charge in [0.05, 0.1) is 14.2 Å². The van der Waals surface area contributed by atoms with Crippen LogP contribution in [0.2, 0.25) is 0 Å². The van der Waals surface area contributed by atoms with Crippen LogP contribution in [0.15, 0.2) is 66.7 Å². The monoisotopic (exact) mass is 405 g/mol. The van der Waals surface area contributed by atoms with Gasteiger partial charge in [-0.1, -0.05) is 42.5 Å². The summed E-state index contributed by atoms with van der Waals surface area (Å²) in [6.07, 6.45) is 0. The van der Waals surface area contributed by atoms with E-state index in [1.165, 1.54) is 0 Å². The molecule has 0 heterocycles. The number of rotatable bonds is 8. The highest BCUT2D eigenvalue weighted by Crippen LogP contribution is 2.27. The molecule has 0 fully saturated rings. The van der Waals surface area contributed by atoms with Crippen molar-refractivity contribution in [2.24, 2.45) is 0 Å². The van der Waals surface area contributed by atoms with Crippen molar-refractivity contribution in [3.8, 4) is 11.5 Å². The Kier molecular flexibility index (Phi) is 7.09. The van der Waals surface area contributed by atoms with Crippen LogP contribution >= 0.6 is 0 Å². The van der Waals surface area contributed by atoms with Crippen molar-refractivity contribution in [2.75, 3.05) is 19.5 Å². The van der Waals surface area contributed by atoms with Crippen molar-refractivity contribution in [3.63, 3.8) is 0 Å². The van der Waals surface area contributed by atoms with Crippen LogP contribution < -0.4 is 20.1 Å². The van der Waals surface area contributed by atoms with Crippen molar-refractivity contribution in [1.82, 2.24) is 0 Å². The first kappa shape index (κ1) is 21.4. The molecule has 1 atom stereocenters. The number of quaternary nitrogens is 1. The molecular formula is C25H29N2O3+. The van der Waals surface area contributed by atoms with E-state index in [1.54, 1.807) is 14.2 Å². The Balaban J connectivity index is 1.81. The zero-order valence-electron chi connectivity index (χ0n) is 17.9. The van der Waals surface area contributed by atoms with Gasteiger partial charge in [-0.2, -0.15) is 0 Å². The molecule has 3 aromatic rings. The number of ether oxygens (including phenoxy) is 2. The van der Waals surface area contributed by atoms with Crippen LogP contribution in [0, 0.1) is 13.8 Å². The molecule has 3 aromatic carbocycles. The molecule has 0 saturated heterocycles. The standard InChI is InChI=1S/C25H28N2O3/c1-17-10-11-18(2)21(14-17)27-25(28)24(20-8-6-5-7-9-20)26-16-19-12-13-22(29-3)23(15-19)30-4/h5-15,24,26H,16H2,1-4H3,(H,27,28)/p+1/t24-/m0/s1. The minimum Gasteiger partial charge on any atom is -0.493 e. The number of anilines is 1. The average molecular weight is 406 g/mol. The first-order valence-electron chi connectivity index (χ1n) is 9.99. The van der Waals surface area contributed by atoms with Gasteiger partial charge in [-0.25, -0.2) is 0 Å². The third-order valence-corrected chi connectivity index (χ3v) is 5.13. The number of carbonyl (C=O) groups is 1. The second kappa shape index (κ2) is 9.94. The summed E-state index contributed by atoms with van der Waals surface area (Å²) in [5.74, 6) is 1.32. The van der Waals surface area contributed by atoms with E-state index in [-0.39, 0.29) is 11.9 Å². The van der Waals surface area contributed by atoms with Gasteiger partial charge in [-0.05, 0) is 49.2 Å². The molecule has 0 spiro atoms. The maximum atomic E-state index is 13.2. The molecular weight excluding hydrogens is 376 g/mol. The van der Waals surface area contributed by atoms with Gasteiger partial charge in [0.1, 0.15) is 6.54 Å². The van der Waals surface area contributed by atoms with Crippen molar-refractivity contribution >= 4 is 11.6 Å². The van der Waals surface area contributed by atoms with Gasteiger partial charge in [0.2, 0.25) is 0 Å². The summed E-state index contributed by atoms with van der Waals surface area (Å²) in [5.41, 5.74) is 5.01. The summed E-state index contributed by atoms with van der Waals surface area (Å²) in [5, 5.41) is 5.15. The fourth-order valence-electron chi connectivity index (χ4n) is 3.40. The highest BCUT2D eigenvalue weighted by molar-refractivity contribution is 5.95. The zero-order chi connectivity index (χ0) is 21.5. The fourth-order valence-corrected chi connectivity index (χ4v) is 3.40. The van der Waals surface area contributed by atoms with Crippen LogP contribution in [0.4, 0.5) is 5.69 Å². The Morgan fingerprint density at radius 2 is 1.67 bits per heavy atom. The lowest BCUT2D eigenvalue weighted by atomic mass is 10.0. The molecule has 5 nitrogen and oxygen atoms in total. The summed E-state index contributed by atoms with van der Waals surface area (Å²) in [7, 11) is 3.24. The van der Waals surface area contributed by atoms with Gasteiger partial charge in [0.25, 0.3) is 5.91 Å². The highest BCUT2D eigenvalue weighted by Gasteiger charge is 2.24. The quantitative estimate of drug-likeness (QED) is 0.600. The lowest BCUT2D eigenvalue weighted by molar-refractivity contribution is -0.697. The van der Waals surface area contributed by atoms with Crippen LogP contribution in [0.25, 0.3) is 0 Å². The van der Waals surface area contributed by atoms with Crippen LogP contribution in [0.1, 0.15) is 28.3 Å². The SMILES string of the molecule is COc1ccc(C[NH2+][C@H](C(=O)Nc2cc(C)ccc2C)c2ccccc2)cc1OC. The predicted octanol–water partition coefficient (Wildman–Crippen LogP) is 3.76. The topological polar surface area (TPSA) is 64.2 Å². The minimum atomic E-state index is -0.376. The lowest BCUT2D eigenvalue weighted by Crippen LogP contribution is -2.85. The Bertz CT molecular complexity index is 1000. The Labute approximate surface area is 178 Å². The van der Waals surface area contributed by atoms with Gasteiger partial charge in [-0.15, -0.1) is 0 Å². The molecule has 0 aromatic heterocycles. The molecule has 30 heavy (non-hydrogen) atoms. The summed E-state index contributed by atoms with van der Waals surface area (Å²) in [4.78, 5) is 13.2. The third kappa shape index (κ3) is 5.19. The first-order chi connectivity index (χ1) is 14.5. The highest BCUT2D eigenvalue weighted by atomic mass is 16.5. The van der Waals surface area contributed by atoms with E-state index in [4.69, 9.17) is 9.47 Å². The van der Waals surface area contributed by atoms with Gasteiger partial charge in [0.15, 0.2) is 17.5 Å². The number of hydrogen-bond acceptors (Lipinski definition) is 3. The predicted molar refractivity (Wildman–Crippen MR) is 119 cm³/mol. The summed E-state index contributed by atoms with van der Waals surface area (Å²) in [6.45, 7) is 4.65. The van der Waals surface area contributed by atoms with E-state index in [1.807, 2.05) is 85.9 Å². The third-order valence-electron chi connectivity index (χ3n) is 5.13. The first-order valence-corrected chi connectivity index (χ1v) is 9.99. The average Bonchev–Trinajstić information content (AvgIpc) is 2.77. The molecule has 3 rings (SSSR count). The molecule has 0 aliphatic carbocycles. The molecule has 0 aliphatic heterocycles. The normalized spacial score (nSPS) is 11.6. The number of amides is 1. The fraction of sp³-hybridized carbons (Fsp3) is 0.240. The van der Waals surface area contributed by atoms with Crippen molar-refractivity contribution in [2.45, 2.75) is 26.4 Å². The van der Waals surface area contributed by atoms with Crippen LogP contribution in [-0.4, -0.2) is 20.1 Å². The lowest BCUT2D eigenvalue weighted by Gasteiger charge is -2.18. The number of methoxy groups -OCH3 is 2. The molecule has 0 unspecified atom stereocenters. The molecule has 0 bridgehead atoms. The van der Waals surface area contributed by atoms with E-state index in [2.05, 4.69) is 5.32 Å². The second-order valence-corrected chi connectivity index (χ2v) is 7.33. The zero-order valence-corrected chi connectivity index (χ0v) is 17.9. The molecule has 3 N–H and O–H groups in total. The van der Waals surface area contributed by atoms with E-state index in [0.29, 0.717) is 18.0 Å². The van der Waals surface area contributed by atoms with Gasteiger partial charge in [0, 0.05) is 16.8 Å². The number of hydrogen-bond donors (Lipinski definition) is 2. The van der Waals surface area contributed by atoms with E-state index in [0.717, 1.165) is 27.9 Å². The number of aryl methyl sites for hydroxylation is 2. The molecule has 0 aliphatic rings. The second-order valence-electron chi connectivity index (χ2n) is 7.33. The summed E-state index contributed by atoms with van der Waals surface area (Å²) >= 11 is 0. The van der Waals surface area contributed by atoms with Crippen LogP contribution in [0.3, 0.4) is 0 Å². The van der Waals surface area contributed by atoms with Gasteiger partial charge in [-0.3, -0.25) is 4.79 Å². The smallest absolute Gasteiger partial charge is 0.287 e.